The Labute approximate surface area is 251 Å². The van der Waals surface area contributed by atoms with Gasteiger partial charge >= 0.3 is 6.01 Å². The van der Waals surface area contributed by atoms with Crippen molar-refractivity contribution in [1.82, 2.24) is 24.8 Å². The van der Waals surface area contributed by atoms with Crippen LogP contribution in [0.3, 0.4) is 0 Å². The van der Waals surface area contributed by atoms with Crippen LogP contribution in [-0.2, 0) is 10.5 Å². The summed E-state index contributed by atoms with van der Waals surface area (Å²) in [4.78, 5) is 25.1. The molecular formula is C27H34F2N10OS2. The van der Waals surface area contributed by atoms with E-state index in [4.69, 9.17) is 21.2 Å². The maximum absolute atomic E-state index is 12.2. The van der Waals surface area contributed by atoms with Crippen molar-refractivity contribution in [2.75, 3.05) is 68.1 Å². The molecule has 2 fully saturated rings. The normalized spacial score (nSPS) is 18.9. The van der Waals surface area contributed by atoms with E-state index in [-0.39, 0.29) is 29.8 Å². The van der Waals surface area contributed by atoms with E-state index >= 15 is 0 Å². The number of rotatable bonds is 6. The molecule has 1 spiro atoms. The number of likely N-dealkylation sites (tertiary alicyclic amines) is 1. The summed E-state index contributed by atoms with van der Waals surface area (Å²) in [6, 6.07) is 6.29. The van der Waals surface area contributed by atoms with Gasteiger partial charge in [0.05, 0.1) is 30.0 Å². The third kappa shape index (κ3) is 5.62. The van der Waals surface area contributed by atoms with Crippen LogP contribution in [0.4, 0.5) is 31.5 Å². The summed E-state index contributed by atoms with van der Waals surface area (Å²) < 4.78 is 29.6. The molecule has 4 N–H and O–H groups in total. The molecule has 6 rings (SSSR count). The van der Waals surface area contributed by atoms with E-state index in [1.807, 2.05) is 42.6 Å². The summed E-state index contributed by atoms with van der Waals surface area (Å²) in [5, 5.41) is 10.3. The number of nitriles is 1. The first-order valence-electron chi connectivity index (χ1n) is 13.5. The van der Waals surface area contributed by atoms with Gasteiger partial charge in [-0.15, -0.1) is 23.1 Å². The van der Waals surface area contributed by atoms with E-state index in [0.29, 0.717) is 54.5 Å². The molecule has 15 heteroatoms. The van der Waals surface area contributed by atoms with Crippen molar-refractivity contribution in [1.29, 1.82) is 5.26 Å². The third-order valence-corrected chi connectivity index (χ3v) is 10.4. The van der Waals surface area contributed by atoms with Gasteiger partial charge in [0, 0.05) is 60.6 Å². The Bertz CT molecular complexity index is 1490. The van der Waals surface area contributed by atoms with Gasteiger partial charge in [-0.25, -0.2) is 13.8 Å². The lowest BCUT2D eigenvalue weighted by Crippen LogP contribution is -2.57. The fraction of sp³-hybridized carbons (Fsp3) is 0.519. The van der Waals surface area contributed by atoms with Gasteiger partial charge in [0.2, 0.25) is 11.9 Å². The molecule has 0 aromatic carbocycles. The first kappa shape index (κ1) is 30.0. The Morgan fingerprint density at radius 2 is 2.00 bits per heavy atom. The molecule has 11 nitrogen and oxygen atoms in total. The van der Waals surface area contributed by atoms with Gasteiger partial charge in [0.15, 0.2) is 0 Å². The number of methoxy groups -OCH3 is 1. The van der Waals surface area contributed by atoms with Gasteiger partial charge in [0.25, 0.3) is 5.92 Å². The maximum atomic E-state index is 12.2. The van der Waals surface area contributed by atoms with E-state index in [9.17, 15) is 14.0 Å². The van der Waals surface area contributed by atoms with Crippen LogP contribution in [0.15, 0.2) is 18.3 Å². The van der Waals surface area contributed by atoms with Gasteiger partial charge in [-0.2, -0.15) is 20.2 Å². The smallest absolute Gasteiger partial charge is 0.322 e. The number of nitrogens with zero attached hydrogens (tertiary/aromatic N) is 8. The number of thioether (sulfide) groups is 1. The van der Waals surface area contributed by atoms with Crippen molar-refractivity contribution in [3.8, 4) is 12.1 Å². The van der Waals surface area contributed by atoms with E-state index < -0.39 is 5.92 Å². The lowest BCUT2D eigenvalue weighted by atomic mass is 9.88. The van der Waals surface area contributed by atoms with Crippen molar-refractivity contribution in [2.24, 2.45) is 0 Å². The lowest BCUT2D eigenvalue weighted by Gasteiger charge is -2.47. The van der Waals surface area contributed by atoms with Crippen LogP contribution in [0.1, 0.15) is 47.9 Å². The van der Waals surface area contributed by atoms with Gasteiger partial charge < -0.3 is 30.9 Å². The average Bonchev–Trinajstić information content (AvgIpc) is 3.58. The first-order chi connectivity index (χ1) is 20.0. The minimum absolute atomic E-state index is 0.0312. The fourth-order valence-electron chi connectivity index (χ4n) is 5.57. The SMILES string of the molecule is CCN(c1nc(OC)nc(N2CC3(C2)SCc2sc(N)c(C#N)c23)n1)C(C)c1cccnc1N.CN1CCC(F)(F)C1. The van der Waals surface area contributed by atoms with Crippen LogP contribution in [0.5, 0.6) is 6.01 Å². The van der Waals surface area contributed by atoms with E-state index in [1.165, 1.54) is 16.2 Å². The molecule has 3 aliphatic rings. The summed E-state index contributed by atoms with van der Waals surface area (Å²) in [5.74, 6) is 0.0107. The second-order valence-electron chi connectivity index (χ2n) is 10.6. The summed E-state index contributed by atoms with van der Waals surface area (Å²) in [6.45, 7) is 6.61. The molecule has 3 aliphatic heterocycles. The molecule has 0 amide bonds. The van der Waals surface area contributed by atoms with Crippen molar-refractivity contribution < 1.29 is 13.5 Å². The summed E-state index contributed by atoms with van der Waals surface area (Å²) >= 11 is 3.39. The molecule has 224 valence electrons. The van der Waals surface area contributed by atoms with Gasteiger partial charge in [-0.05, 0) is 27.0 Å². The van der Waals surface area contributed by atoms with Gasteiger partial charge in [-0.1, -0.05) is 6.07 Å². The van der Waals surface area contributed by atoms with Crippen molar-refractivity contribution >= 4 is 45.8 Å². The van der Waals surface area contributed by atoms with Crippen molar-refractivity contribution in [3.63, 3.8) is 0 Å². The molecule has 3 aromatic heterocycles. The fourth-order valence-corrected chi connectivity index (χ4v) is 8.38. The number of fused-ring (bicyclic) bond motifs is 2. The van der Waals surface area contributed by atoms with Crippen LogP contribution >= 0.6 is 23.1 Å². The Balaban J connectivity index is 0.000000382. The number of pyridine rings is 1. The number of hydrogen-bond donors (Lipinski definition) is 2. The number of alkyl halides is 2. The highest BCUT2D eigenvalue weighted by Crippen LogP contribution is 2.57. The molecule has 1 unspecified atom stereocenters. The predicted molar refractivity (Wildman–Crippen MR) is 162 cm³/mol. The number of halogens is 2. The van der Waals surface area contributed by atoms with Crippen LogP contribution in [0, 0.1) is 11.3 Å². The molecule has 0 saturated carbocycles. The molecule has 0 bridgehead atoms. The van der Waals surface area contributed by atoms with Crippen molar-refractivity contribution in [3.05, 3.63) is 39.9 Å². The Morgan fingerprint density at radius 1 is 1.24 bits per heavy atom. The standard InChI is InChI=1S/C22H25N9OS2.C5H9F2N/c1-4-31(12(2)13-6-5-7-26-17(13)24)20-27-19(28-21(29-20)32-3)30-10-22(11-30)16-14(8-23)18(25)34-15(16)9-33-22;1-8-3-2-5(6,7)4-8/h5-7,12H,4,9-11,25H2,1-3H3,(H2,24,26);2-4H2,1H3. The van der Waals surface area contributed by atoms with Gasteiger partial charge in [0.1, 0.15) is 16.9 Å². The lowest BCUT2D eigenvalue weighted by molar-refractivity contribution is 0.0146. The Kier molecular flexibility index (Phi) is 8.32. The van der Waals surface area contributed by atoms with E-state index in [2.05, 4.69) is 25.9 Å². The van der Waals surface area contributed by atoms with Crippen LogP contribution < -0.4 is 26.0 Å². The maximum Gasteiger partial charge on any atom is 0.322 e. The molecule has 42 heavy (non-hydrogen) atoms. The highest BCUT2D eigenvalue weighted by atomic mass is 32.2. The molecule has 1 atom stereocenters. The predicted octanol–water partition coefficient (Wildman–Crippen LogP) is 3.88. The number of ether oxygens (including phenoxy) is 1. The number of nitrogen functional groups attached to an aromatic ring is 2. The number of thiophene rings is 1. The third-order valence-electron chi connectivity index (χ3n) is 7.75. The van der Waals surface area contributed by atoms with Crippen molar-refractivity contribution in [2.45, 2.75) is 42.7 Å². The Hall–Kier alpha value is -3.48. The van der Waals surface area contributed by atoms with E-state index in [0.717, 1.165) is 16.9 Å². The zero-order chi connectivity index (χ0) is 30.2. The molecule has 6 heterocycles. The molecule has 3 aromatic rings. The summed E-state index contributed by atoms with van der Waals surface area (Å²) in [5.41, 5.74) is 14.9. The quantitative estimate of drug-likeness (QED) is 0.414. The zero-order valence-corrected chi connectivity index (χ0v) is 25.6. The minimum Gasteiger partial charge on any atom is -0.467 e. The topological polar surface area (TPSA) is 146 Å². The first-order valence-corrected chi connectivity index (χ1v) is 15.3. The Morgan fingerprint density at radius 3 is 2.57 bits per heavy atom. The van der Waals surface area contributed by atoms with E-state index in [1.54, 1.807) is 25.3 Å². The average molecular weight is 617 g/mol. The zero-order valence-electron chi connectivity index (χ0n) is 24.0. The number of anilines is 4. The number of hydrogen-bond acceptors (Lipinski definition) is 13. The summed E-state index contributed by atoms with van der Waals surface area (Å²) in [7, 11) is 3.26. The van der Waals surface area contributed by atoms with Crippen LogP contribution in [-0.4, -0.2) is 77.6 Å². The molecular weight excluding hydrogens is 582 g/mol. The highest BCUT2D eigenvalue weighted by molar-refractivity contribution is 8.00. The number of aromatic nitrogens is 4. The molecule has 2 saturated heterocycles. The second-order valence-corrected chi connectivity index (χ2v) is 13.1. The minimum atomic E-state index is -2.41. The van der Waals surface area contributed by atoms with Crippen LogP contribution in [0.2, 0.25) is 0 Å². The monoisotopic (exact) mass is 616 g/mol. The summed E-state index contributed by atoms with van der Waals surface area (Å²) in [6.07, 6.45) is 1.71. The molecule has 0 aliphatic carbocycles. The largest absolute Gasteiger partial charge is 0.467 e. The molecule has 0 radical (unpaired) electrons. The number of nitrogens with two attached hydrogens (primary N) is 2. The van der Waals surface area contributed by atoms with Crippen LogP contribution in [0.25, 0.3) is 0 Å². The second kappa shape index (κ2) is 11.7. The van der Waals surface area contributed by atoms with Gasteiger partial charge in [-0.3, -0.25) is 0 Å². The highest BCUT2D eigenvalue weighted by Gasteiger charge is 2.53.